The van der Waals surface area contributed by atoms with Crippen LogP contribution in [-0.2, 0) is 25.8 Å². The number of hydrogen-bond acceptors (Lipinski definition) is 8. The van der Waals surface area contributed by atoms with Gasteiger partial charge in [-0.05, 0) is 73.2 Å². The molecule has 0 bridgehead atoms. The summed E-state index contributed by atoms with van der Waals surface area (Å²) in [5.41, 5.74) is 7.20. The summed E-state index contributed by atoms with van der Waals surface area (Å²) in [4.78, 5) is 30.0. The molecule has 1 heterocycles. The summed E-state index contributed by atoms with van der Waals surface area (Å²) >= 11 is 0. The highest BCUT2D eigenvalue weighted by atomic mass is 32.2. The van der Waals surface area contributed by atoms with Crippen molar-refractivity contribution in [2.45, 2.75) is 55.8 Å². The lowest BCUT2D eigenvalue weighted by atomic mass is 9.98. The van der Waals surface area contributed by atoms with Crippen LogP contribution in [-0.4, -0.2) is 42.7 Å². The van der Waals surface area contributed by atoms with Gasteiger partial charge in [0.1, 0.15) is 23.4 Å². The van der Waals surface area contributed by atoms with Gasteiger partial charge in [-0.2, -0.15) is 0 Å². The van der Waals surface area contributed by atoms with Crippen molar-refractivity contribution in [1.29, 1.82) is 0 Å². The van der Waals surface area contributed by atoms with Crippen molar-refractivity contribution in [3.63, 3.8) is 0 Å². The van der Waals surface area contributed by atoms with E-state index in [1.807, 2.05) is 6.92 Å². The molecule has 0 aliphatic carbocycles. The van der Waals surface area contributed by atoms with E-state index in [0.29, 0.717) is 34.6 Å². The van der Waals surface area contributed by atoms with Crippen LogP contribution in [0.3, 0.4) is 0 Å². The predicted octanol–water partition coefficient (Wildman–Crippen LogP) is 5.19. The summed E-state index contributed by atoms with van der Waals surface area (Å²) in [6, 6.07) is 12.9. The number of aromatic nitrogens is 1. The van der Waals surface area contributed by atoms with Gasteiger partial charge in [0.25, 0.3) is 0 Å². The number of nitrogens with two attached hydrogens (primary N) is 1. The van der Waals surface area contributed by atoms with Crippen molar-refractivity contribution >= 4 is 44.0 Å². The molecule has 232 valence electrons. The maximum atomic E-state index is 15.7. The Morgan fingerprint density at radius 2 is 1.80 bits per heavy atom. The zero-order chi connectivity index (χ0) is 32.2. The van der Waals surface area contributed by atoms with E-state index in [4.69, 9.17) is 10.5 Å². The van der Waals surface area contributed by atoms with Gasteiger partial charge < -0.3 is 26.2 Å². The summed E-state index contributed by atoms with van der Waals surface area (Å²) in [5.74, 6) is -2.12. The molecule has 44 heavy (non-hydrogen) atoms. The topological polar surface area (TPSA) is 161 Å². The van der Waals surface area contributed by atoms with Gasteiger partial charge in [0, 0.05) is 28.9 Å². The second kappa shape index (κ2) is 13.3. The molecular weight excluding hydrogens is 587 g/mol. The van der Waals surface area contributed by atoms with E-state index >= 15 is 4.39 Å². The second-order valence-electron chi connectivity index (χ2n) is 10.5. The molecule has 0 aliphatic rings. The number of halogens is 1. The number of methoxy groups -OCH3 is 1. The number of anilines is 2. The molecule has 1 aromatic heterocycles. The Hall–Kier alpha value is -4.71. The first-order chi connectivity index (χ1) is 20.9. The van der Waals surface area contributed by atoms with Gasteiger partial charge in [-0.1, -0.05) is 25.1 Å². The first-order valence-electron chi connectivity index (χ1n) is 14.0. The molecule has 4 rings (SSSR count). The van der Waals surface area contributed by atoms with Crippen LogP contribution >= 0.6 is 0 Å². The standard InChI is InChI=1S/C32H35FN4O6S/c1-5-19-15-24(25(33)16-27(19)43-4)30(36-21-10-11-22-20(14-21)12-13-35-31(22)34)32(40)37-26(17-29(38)39)23-8-6-7-9-28(23)44(41,42)18(2)3/h6-16,18,26,30,36H,5,17H2,1-4H3,(H2,34,35)(H,37,40)(H,38,39)/t26-,30-/m1/s1. The zero-order valence-electron chi connectivity index (χ0n) is 24.8. The molecule has 4 aromatic rings. The fourth-order valence-corrected chi connectivity index (χ4v) is 6.31. The molecule has 0 aliphatic heterocycles. The van der Waals surface area contributed by atoms with Gasteiger partial charge >= 0.3 is 5.97 Å². The summed E-state index contributed by atoms with van der Waals surface area (Å²) in [5, 5.41) is 16.1. The lowest BCUT2D eigenvalue weighted by Crippen LogP contribution is -2.38. The molecule has 1 amide bonds. The van der Waals surface area contributed by atoms with Gasteiger partial charge in [0.15, 0.2) is 9.84 Å². The van der Waals surface area contributed by atoms with Crippen LogP contribution in [0.5, 0.6) is 5.75 Å². The molecule has 12 heteroatoms. The average molecular weight is 623 g/mol. The number of carboxylic acid groups (broad SMARTS) is 1. The quantitative estimate of drug-likeness (QED) is 0.167. The van der Waals surface area contributed by atoms with Crippen molar-refractivity contribution in [2.24, 2.45) is 0 Å². The third-order valence-corrected chi connectivity index (χ3v) is 9.60. The van der Waals surface area contributed by atoms with Gasteiger partial charge in [-0.25, -0.2) is 17.8 Å². The van der Waals surface area contributed by atoms with E-state index < -0.39 is 51.3 Å². The number of carboxylic acids is 1. The number of rotatable bonds is 12. The SMILES string of the molecule is CCc1cc([C@@H](Nc2ccc3c(N)nccc3c2)C(=O)N[C@H](CC(=O)O)c2ccccc2S(=O)(=O)C(C)C)c(F)cc1OC. The smallest absolute Gasteiger partial charge is 0.305 e. The van der Waals surface area contributed by atoms with Gasteiger partial charge in [-0.15, -0.1) is 0 Å². The Labute approximate surface area is 255 Å². The number of nitrogen functional groups attached to an aromatic ring is 1. The molecule has 0 saturated carbocycles. The van der Waals surface area contributed by atoms with Crippen molar-refractivity contribution in [3.8, 4) is 5.75 Å². The maximum Gasteiger partial charge on any atom is 0.305 e. The number of benzene rings is 3. The van der Waals surface area contributed by atoms with Crippen molar-refractivity contribution in [2.75, 3.05) is 18.2 Å². The Kier molecular flexibility index (Phi) is 9.73. The lowest BCUT2D eigenvalue weighted by Gasteiger charge is -2.26. The molecule has 0 spiro atoms. The molecule has 2 atom stereocenters. The van der Waals surface area contributed by atoms with Crippen molar-refractivity contribution in [1.82, 2.24) is 10.3 Å². The summed E-state index contributed by atoms with van der Waals surface area (Å²) in [6.45, 7) is 4.89. The Bertz CT molecular complexity index is 1810. The highest BCUT2D eigenvalue weighted by Crippen LogP contribution is 2.33. The fourth-order valence-electron chi connectivity index (χ4n) is 5.00. The third kappa shape index (κ3) is 6.75. The molecule has 5 N–H and O–H groups in total. The summed E-state index contributed by atoms with van der Waals surface area (Å²) in [7, 11) is -2.42. The van der Waals surface area contributed by atoms with Gasteiger partial charge in [-0.3, -0.25) is 9.59 Å². The minimum Gasteiger partial charge on any atom is -0.496 e. The monoisotopic (exact) mass is 622 g/mol. The van der Waals surface area contributed by atoms with Crippen LogP contribution in [0.4, 0.5) is 15.9 Å². The number of aryl methyl sites for hydroxylation is 1. The predicted molar refractivity (Wildman–Crippen MR) is 167 cm³/mol. The number of hydrogen-bond donors (Lipinski definition) is 4. The maximum absolute atomic E-state index is 15.7. The van der Waals surface area contributed by atoms with Crippen LogP contribution in [0.2, 0.25) is 0 Å². The minimum absolute atomic E-state index is 0.00773. The number of carbonyl (C=O) groups is 2. The molecule has 10 nitrogen and oxygen atoms in total. The van der Waals surface area contributed by atoms with E-state index in [0.717, 1.165) is 5.39 Å². The number of nitrogens with zero attached hydrogens (tertiary/aromatic N) is 1. The second-order valence-corrected chi connectivity index (χ2v) is 13.0. The lowest BCUT2D eigenvalue weighted by molar-refractivity contribution is -0.137. The molecule has 0 unspecified atom stereocenters. The van der Waals surface area contributed by atoms with E-state index in [1.54, 1.807) is 36.5 Å². The number of carbonyl (C=O) groups excluding carboxylic acids is 1. The summed E-state index contributed by atoms with van der Waals surface area (Å²) < 4.78 is 47.3. The number of aliphatic carboxylic acids is 1. The highest BCUT2D eigenvalue weighted by molar-refractivity contribution is 7.92. The minimum atomic E-state index is -3.84. The zero-order valence-corrected chi connectivity index (χ0v) is 25.6. The van der Waals surface area contributed by atoms with Crippen molar-refractivity contribution in [3.05, 3.63) is 89.4 Å². The fraction of sp³-hybridized carbons (Fsp3) is 0.281. The van der Waals surface area contributed by atoms with E-state index in [-0.39, 0.29) is 16.0 Å². The average Bonchev–Trinajstić information content (AvgIpc) is 2.99. The van der Waals surface area contributed by atoms with Gasteiger partial charge in [0.05, 0.1) is 29.7 Å². The van der Waals surface area contributed by atoms with Crippen molar-refractivity contribution < 1.29 is 32.2 Å². The summed E-state index contributed by atoms with van der Waals surface area (Å²) in [6.07, 6.45) is 1.41. The Morgan fingerprint density at radius 3 is 2.45 bits per heavy atom. The molecule has 3 aromatic carbocycles. The Morgan fingerprint density at radius 1 is 1.07 bits per heavy atom. The molecule has 0 radical (unpaired) electrons. The molecule has 0 saturated heterocycles. The number of pyridine rings is 1. The number of amides is 1. The van der Waals surface area contributed by atoms with E-state index in [9.17, 15) is 23.1 Å². The van der Waals surface area contributed by atoms with Crippen LogP contribution in [0.15, 0.2) is 71.8 Å². The first-order valence-corrected chi connectivity index (χ1v) is 15.5. The number of ether oxygens (including phenoxy) is 1. The highest BCUT2D eigenvalue weighted by Gasteiger charge is 2.32. The van der Waals surface area contributed by atoms with Gasteiger partial charge in [0.2, 0.25) is 5.91 Å². The normalized spacial score (nSPS) is 13.0. The third-order valence-electron chi connectivity index (χ3n) is 7.38. The van der Waals surface area contributed by atoms with Crippen LogP contribution in [0.1, 0.15) is 56.0 Å². The Balaban J connectivity index is 1.82. The number of nitrogens with one attached hydrogen (secondary N) is 2. The largest absolute Gasteiger partial charge is 0.496 e. The van der Waals surface area contributed by atoms with E-state index in [2.05, 4.69) is 15.6 Å². The van der Waals surface area contributed by atoms with Crippen LogP contribution in [0.25, 0.3) is 10.8 Å². The number of fused-ring (bicyclic) bond motifs is 1. The molecule has 0 fully saturated rings. The molecular formula is C32H35FN4O6S. The van der Waals surface area contributed by atoms with E-state index in [1.165, 1.54) is 51.3 Å². The first kappa shape index (κ1) is 32.2. The number of sulfone groups is 1. The van der Waals surface area contributed by atoms with Crippen LogP contribution in [0, 0.1) is 5.82 Å². The van der Waals surface area contributed by atoms with Crippen LogP contribution < -0.4 is 21.1 Å².